The first-order chi connectivity index (χ1) is 7.37. The third-order valence-electron chi connectivity index (χ3n) is 1.33. The molecule has 1 amide bonds. The van der Waals surface area contributed by atoms with Crippen LogP contribution < -0.4 is 5.43 Å². The lowest BCUT2D eigenvalue weighted by atomic mass is 10.2. The molecule has 1 heterocycles. The predicted octanol–water partition coefficient (Wildman–Crippen LogP) is 3.37. The number of carbonyl (C=O) groups is 1. The van der Waals surface area contributed by atoms with E-state index in [-0.39, 0.29) is 0 Å². The van der Waals surface area contributed by atoms with Crippen molar-refractivity contribution < 1.29 is 9.53 Å². The Balaban J connectivity index is 2.40. The van der Waals surface area contributed by atoms with Crippen molar-refractivity contribution in [1.29, 1.82) is 0 Å². The number of ether oxygens (including phenoxy) is 1. The number of nitrogens with one attached hydrogen (secondary N) is 1. The van der Waals surface area contributed by atoms with E-state index >= 15 is 0 Å². The van der Waals surface area contributed by atoms with Gasteiger partial charge in [0.25, 0.3) is 0 Å². The van der Waals surface area contributed by atoms with Crippen molar-refractivity contribution in [1.82, 2.24) is 5.43 Å². The normalized spacial score (nSPS) is 11.8. The number of halogens is 1. The molecule has 0 saturated heterocycles. The summed E-state index contributed by atoms with van der Waals surface area (Å²) in [6, 6.07) is 1.91. The highest BCUT2D eigenvalue weighted by molar-refractivity contribution is 9.10. The third kappa shape index (κ3) is 5.27. The highest BCUT2D eigenvalue weighted by Gasteiger charge is 2.15. The minimum absolute atomic E-state index is 0.508. The summed E-state index contributed by atoms with van der Waals surface area (Å²) < 4.78 is 6.01. The van der Waals surface area contributed by atoms with E-state index in [9.17, 15) is 4.79 Å². The predicted molar refractivity (Wildman–Crippen MR) is 69.0 cm³/mol. The molecule has 1 N–H and O–H groups in total. The molecule has 1 aromatic rings. The molecule has 0 aliphatic carbocycles. The van der Waals surface area contributed by atoms with Gasteiger partial charge in [-0.1, -0.05) is 0 Å². The first-order valence-electron chi connectivity index (χ1n) is 4.63. The second-order valence-corrected chi connectivity index (χ2v) is 5.90. The van der Waals surface area contributed by atoms with Gasteiger partial charge < -0.3 is 4.74 Å². The molecule has 1 aromatic heterocycles. The summed E-state index contributed by atoms with van der Waals surface area (Å²) in [7, 11) is 0. The lowest BCUT2D eigenvalue weighted by molar-refractivity contribution is 0.0529. The van der Waals surface area contributed by atoms with E-state index in [1.807, 2.05) is 11.4 Å². The Bertz CT molecular complexity index is 396. The van der Waals surface area contributed by atoms with Gasteiger partial charge in [0, 0.05) is 14.7 Å². The van der Waals surface area contributed by atoms with Gasteiger partial charge in [-0.3, -0.25) is 0 Å². The molecule has 0 spiro atoms. The van der Waals surface area contributed by atoms with Crippen molar-refractivity contribution in [2.75, 3.05) is 0 Å². The maximum Gasteiger partial charge on any atom is 0.428 e. The molecule has 0 radical (unpaired) electrons. The number of thiophene rings is 1. The Morgan fingerprint density at radius 3 is 2.81 bits per heavy atom. The molecule has 0 atom stereocenters. The maximum absolute atomic E-state index is 11.2. The molecule has 0 bridgehead atoms. The van der Waals surface area contributed by atoms with Crippen LogP contribution in [0.1, 0.15) is 25.6 Å². The highest BCUT2D eigenvalue weighted by atomic mass is 79.9. The van der Waals surface area contributed by atoms with E-state index < -0.39 is 11.7 Å². The maximum atomic E-state index is 11.2. The van der Waals surface area contributed by atoms with Crippen molar-refractivity contribution in [3.05, 3.63) is 20.8 Å². The Morgan fingerprint density at radius 1 is 1.62 bits per heavy atom. The molecular formula is C10H13BrN2O2S. The van der Waals surface area contributed by atoms with Crippen molar-refractivity contribution in [3.63, 3.8) is 0 Å². The van der Waals surface area contributed by atoms with Gasteiger partial charge in [0.1, 0.15) is 5.60 Å². The molecule has 0 fully saturated rings. The number of hydrogen-bond donors (Lipinski definition) is 1. The van der Waals surface area contributed by atoms with E-state index in [2.05, 4.69) is 26.5 Å². The summed E-state index contributed by atoms with van der Waals surface area (Å²) in [4.78, 5) is 12.1. The first-order valence-corrected chi connectivity index (χ1v) is 6.30. The van der Waals surface area contributed by atoms with E-state index in [4.69, 9.17) is 4.74 Å². The number of nitrogens with zero attached hydrogens (tertiary/aromatic N) is 1. The number of amides is 1. The van der Waals surface area contributed by atoms with Gasteiger partial charge in [0.05, 0.1) is 6.21 Å². The molecule has 16 heavy (non-hydrogen) atoms. The first kappa shape index (κ1) is 13.2. The fourth-order valence-electron chi connectivity index (χ4n) is 0.845. The minimum Gasteiger partial charge on any atom is -0.443 e. The second-order valence-electron chi connectivity index (χ2n) is 4.04. The van der Waals surface area contributed by atoms with Gasteiger partial charge in [-0.05, 0) is 42.8 Å². The average molecular weight is 305 g/mol. The van der Waals surface area contributed by atoms with Gasteiger partial charge >= 0.3 is 6.09 Å². The zero-order valence-corrected chi connectivity index (χ0v) is 11.7. The molecule has 0 aromatic carbocycles. The van der Waals surface area contributed by atoms with Gasteiger partial charge in [0.15, 0.2) is 0 Å². The topological polar surface area (TPSA) is 50.7 Å². The largest absolute Gasteiger partial charge is 0.443 e. The van der Waals surface area contributed by atoms with Crippen LogP contribution in [-0.2, 0) is 4.74 Å². The number of hydrazone groups is 1. The lowest BCUT2D eigenvalue weighted by Crippen LogP contribution is -2.29. The molecule has 0 unspecified atom stereocenters. The number of hydrogen-bond acceptors (Lipinski definition) is 4. The van der Waals surface area contributed by atoms with Crippen LogP contribution in [0.2, 0.25) is 0 Å². The van der Waals surface area contributed by atoms with Crippen LogP contribution in [0.5, 0.6) is 0 Å². The van der Waals surface area contributed by atoms with Crippen LogP contribution in [0.25, 0.3) is 0 Å². The lowest BCUT2D eigenvalue weighted by Gasteiger charge is -2.18. The molecule has 88 valence electrons. The highest BCUT2D eigenvalue weighted by Crippen LogP contribution is 2.17. The van der Waals surface area contributed by atoms with Gasteiger partial charge in [-0.2, -0.15) is 5.10 Å². The molecule has 1 rings (SSSR count). The van der Waals surface area contributed by atoms with Crippen LogP contribution >= 0.6 is 27.3 Å². The van der Waals surface area contributed by atoms with Crippen molar-refractivity contribution in [3.8, 4) is 0 Å². The van der Waals surface area contributed by atoms with Crippen LogP contribution in [0.15, 0.2) is 21.0 Å². The standard InChI is InChI=1S/C10H13BrN2O2S/c1-10(2,3)15-9(14)13-12-5-8-4-7(11)6-16-8/h4-6H,1-3H3,(H,13,14). The summed E-state index contributed by atoms with van der Waals surface area (Å²) in [5, 5.41) is 5.72. The molecule has 4 nitrogen and oxygen atoms in total. The van der Waals surface area contributed by atoms with Crippen LogP contribution in [-0.4, -0.2) is 17.9 Å². The fourth-order valence-corrected chi connectivity index (χ4v) is 2.15. The fraction of sp³-hybridized carbons (Fsp3) is 0.400. The van der Waals surface area contributed by atoms with Gasteiger partial charge in [-0.25, -0.2) is 10.2 Å². The monoisotopic (exact) mass is 304 g/mol. The van der Waals surface area contributed by atoms with Crippen LogP contribution in [0.3, 0.4) is 0 Å². The van der Waals surface area contributed by atoms with Crippen LogP contribution in [0, 0.1) is 0 Å². The Kier molecular flexibility index (Phi) is 4.49. The van der Waals surface area contributed by atoms with E-state index in [0.717, 1.165) is 9.35 Å². The Hall–Kier alpha value is -0.880. The summed E-state index contributed by atoms with van der Waals surface area (Å²) >= 11 is 4.86. The molecule has 0 aliphatic heterocycles. The summed E-state index contributed by atoms with van der Waals surface area (Å²) in [5.41, 5.74) is 1.79. The van der Waals surface area contributed by atoms with Gasteiger partial charge in [-0.15, -0.1) is 11.3 Å². The van der Waals surface area contributed by atoms with Crippen molar-refractivity contribution >= 4 is 39.6 Å². The third-order valence-corrected chi connectivity index (χ3v) is 2.96. The van der Waals surface area contributed by atoms with E-state index in [1.54, 1.807) is 27.0 Å². The van der Waals surface area contributed by atoms with Crippen LogP contribution in [0.4, 0.5) is 4.79 Å². The summed E-state index contributed by atoms with van der Waals surface area (Å²) in [6.45, 7) is 5.39. The van der Waals surface area contributed by atoms with E-state index in [0.29, 0.717) is 0 Å². The minimum atomic E-state index is -0.556. The quantitative estimate of drug-likeness (QED) is 0.673. The number of carbonyl (C=O) groups excluding carboxylic acids is 1. The Morgan fingerprint density at radius 2 is 2.31 bits per heavy atom. The summed E-state index contributed by atoms with van der Waals surface area (Å²) in [5.74, 6) is 0. The molecular weight excluding hydrogens is 292 g/mol. The van der Waals surface area contributed by atoms with Crippen molar-refractivity contribution in [2.24, 2.45) is 5.10 Å². The van der Waals surface area contributed by atoms with E-state index in [1.165, 1.54) is 11.3 Å². The average Bonchev–Trinajstić information content (AvgIpc) is 2.48. The van der Waals surface area contributed by atoms with Gasteiger partial charge in [0.2, 0.25) is 0 Å². The SMILES string of the molecule is CC(C)(C)OC(=O)NN=Cc1cc(Br)cs1. The van der Waals surface area contributed by atoms with Crippen molar-refractivity contribution in [2.45, 2.75) is 26.4 Å². The number of rotatable bonds is 2. The second kappa shape index (κ2) is 5.45. The molecule has 0 saturated carbocycles. The molecule has 6 heteroatoms. The Labute approximate surface area is 107 Å². The smallest absolute Gasteiger partial charge is 0.428 e. The summed E-state index contributed by atoms with van der Waals surface area (Å²) in [6.07, 6.45) is 1.01. The zero-order chi connectivity index (χ0) is 12.2. The molecule has 0 aliphatic rings. The zero-order valence-electron chi connectivity index (χ0n) is 9.28.